The third-order valence-electron chi connectivity index (χ3n) is 3.95. The molecule has 0 saturated carbocycles. The largest absolute Gasteiger partial charge is 0.514 e. The zero-order valence-electron chi connectivity index (χ0n) is 15.4. The highest BCUT2D eigenvalue weighted by Gasteiger charge is 2.20. The van der Waals surface area contributed by atoms with Crippen molar-refractivity contribution in [3.63, 3.8) is 0 Å². The summed E-state index contributed by atoms with van der Waals surface area (Å²) >= 11 is 0. The Kier molecular flexibility index (Phi) is 6.33. The van der Waals surface area contributed by atoms with E-state index < -0.39 is 12.1 Å². The van der Waals surface area contributed by atoms with Crippen LogP contribution in [0.3, 0.4) is 0 Å². The van der Waals surface area contributed by atoms with Crippen molar-refractivity contribution in [2.24, 2.45) is 0 Å². The van der Waals surface area contributed by atoms with Gasteiger partial charge in [-0.3, -0.25) is 4.98 Å². The van der Waals surface area contributed by atoms with Crippen LogP contribution in [0.2, 0.25) is 0 Å². The van der Waals surface area contributed by atoms with E-state index in [1.807, 2.05) is 45.9 Å². The number of benzene rings is 1. The van der Waals surface area contributed by atoms with Crippen molar-refractivity contribution in [1.29, 1.82) is 0 Å². The second kappa shape index (κ2) is 8.47. The van der Waals surface area contributed by atoms with E-state index in [0.29, 0.717) is 5.75 Å². The quantitative estimate of drug-likeness (QED) is 0.593. The molecule has 0 amide bonds. The van der Waals surface area contributed by atoms with Crippen LogP contribution in [0.4, 0.5) is 4.79 Å². The molecule has 1 N–H and O–H groups in total. The highest BCUT2D eigenvalue weighted by molar-refractivity contribution is 5.88. The van der Waals surface area contributed by atoms with Crippen LogP contribution < -0.4 is 4.74 Å². The summed E-state index contributed by atoms with van der Waals surface area (Å²) in [6, 6.07) is 8.69. The van der Waals surface area contributed by atoms with Gasteiger partial charge in [0.25, 0.3) is 0 Å². The van der Waals surface area contributed by atoms with Crippen LogP contribution >= 0.6 is 0 Å². The van der Waals surface area contributed by atoms with Gasteiger partial charge in [0.15, 0.2) is 0 Å². The Labute approximate surface area is 152 Å². The second-order valence-electron chi connectivity index (χ2n) is 6.52. The standard InChI is InChI=1S/C20H23NO5/c1-12(2)14-7-5-8-15(13(3)4)18(14)26-20(24)25-11-17-16(19(22)23)9-6-10-21-17/h5-10,12-13H,11H2,1-4H3,(H,22,23). The zero-order valence-corrected chi connectivity index (χ0v) is 15.4. The van der Waals surface area contributed by atoms with E-state index in [1.54, 1.807) is 0 Å². The Hall–Kier alpha value is -2.89. The van der Waals surface area contributed by atoms with Crippen molar-refractivity contribution in [2.75, 3.05) is 0 Å². The average Bonchev–Trinajstić information content (AvgIpc) is 2.59. The predicted molar refractivity (Wildman–Crippen MR) is 96.6 cm³/mol. The van der Waals surface area contributed by atoms with Gasteiger partial charge in [-0.1, -0.05) is 45.9 Å². The van der Waals surface area contributed by atoms with E-state index >= 15 is 0 Å². The number of aromatic carboxylic acids is 1. The number of carboxylic acids is 1. The molecule has 1 aromatic heterocycles. The third-order valence-corrected chi connectivity index (χ3v) is 3.95. The first-order valence-corrected chi connectivity index (χ1v) is 8.45. The Bertz CT molecular complexity index is 772. The molecule has 26 heavy (non-hydrogen) atoms. The smallest absolute Gasteiger partial charge is 0.478 e. The number of nitrogens with zero attached hydrogens (tertiary/aromatic N) is 1. The summed E-state index contributed by atoms with van der Waals surface area (Å²) in [5, 5.41) is 9.15. The molecular weight excluding hydrogens is 334 g/mol. The maximum atomic E-state index is 12.2. The molecule has 1 aromatic carbocycles. The van der Waals surface area contributed by atoms with Gasteiger partial charge in [0, 0.05) is 6.20 Å². The molecule has 6 nitrogen and oxygen atoms in total. The number of rotatable bonds is 6. The minimum Gasteiger partial charge on any atom is -0.478 e. The Balaban J connectivity index is 2.17. The molecule has 0 aliphatic heterocycles. The van der Waals surface area contributed by atoms with Crippen molar-refractivity contribution >= 4 is 12.1 Å². The normalized spacial score (nSPS) is 10.8. The van der Waals surface area contributed by atoms with Gasteiger partial charge in [-0.25, -0.2) is 9.59 Å². The molecule has 0 unspecified atom stereocenters. The van der Waals surface area contributed by atoms with Gasteiger partial charge >= 0.3 is 12.1 Å². The molecule has 0 bridgehead atoms. The lowest BCUT2D eigenvalue weighted by Crippen LogP contribution is -2.15. The molecule has 0 fully saturated rings. The number of carbonyl (C=O) groups excluding carboxylic acids is 1. The number of para-hydroxylation sites is 1. The number of carboxylic acid groups (broad SMARTS) is 1. The minimum absolute atomic E-state index is 0.00856. The summed E-state index contributed by atoms with van der Waals surface area (Å²) in [5.41, 5.74) is 1.98. The molecule has 0 radical (unpaired) electrons. The molecule has 6 heteroatoms. The number of hydrogen-bond donors (Lipinski definition) is 1. The number of aromatic nitrogens is 1. The van der Waals surface area contributed by atoms with Crippen molar-refractivity contribution in [3.05, 3.63) is 58.9 Å². The first-order chi connectivity index (χ1) is 12.3. The van der Waals surface area contributed by atoms with Gasteiger partial charge in [0.1, 0.15) is 12.4 Å². The number of hydrogen-bond acceptors (Lipinski definition) is 5. The van der Waals surface area contributed by atoms with Crippen LogP contribution in [0.1, 0.15) is 66.7 Å². The molecule has 0 saturated heterocycles. The SMILES string of the molecule is CC(C)c1cccc(C(C)C)c1OC(=O)OCc1ncccc1C(=O)O. The van der Waals surface area contributed by atoms with Gasteiger partial charge in [-0.2, -0.15) is 0 Å². The van der Waals surface area contributed by atoms with E-state index in [1.165, 1.54) is 18.3 Å². The molecule has 1 heterocycles. The maximum Gasteiger partial charge on any atom is 0.514 e. The Morgan fingerprint density at radius 3 is 2.19 bits per heavy atom. The van der Waals surface area contributed by atoms with Gasteiger partial charge < -0.3 is 14.6 Å². The summed E-state index contributed by atoms with van der Waals surface area (Å²) in [7, 11) is 0. The van der Waals surface area contributed by atoms with Crippen molar-refractivity contribution in [1.82, 2.24) is 4.98 Å². The van der Waals surface area contributed by atoms with Crippen LogP contribution in [0.15, 0.2) is 36.5 Å². The molecule has 138 valence electrons. The summed E-state index contributed by atoms with van der Waals surface area (Å²) in [4.78, 5) is 27.3. The molecule has 0 atom stereocenters. The van der Waals surface area contributed by atoms with E-state index in [-0.39, 0.29) is 29.7 Å². The summed E-state index contributed by atoms with van der Waals surface area (Å²) < 4.78 is 10.6. The monoisotopic (exact) mass is 357 g/mol. The van der Waals surface area contributed by atoms with E-state index in [9.17, 15) is 9.59 Å². The van der Waals surface area contributed by atoms with Gasteiger partial charge in [-0.15, -0.1) is 0 Å². The van der Waals surface area contributed by atoms with Crippen LogP contribution in [0, 0.1) is 0 Å². The molecule has 2 aromatic rings. The van der Waals surface area contributed by atoms with Gasteiger partial charge in [-0.05, 0) is 35.1 Å². The average molecular weight is 357 g/mol. The van der Waals surface area contributed by atoms with E-state index in [2.05, 4.69) is 4.98 Å². The molecule has 2 rings (SSSR count). The van der Waals surface area contributed by atoms with E-state index in [4.69, 9.17) is 14.6 Å². The lowest BCUT2D eigenvalue weighted by Gasteiger charge is -2.18. The Morgan fingerprint density at radius 1 is 1.04 bits per heavy atom. The van der Waals surface area contributed by atoms with Crippen molar-refractivity contribution in [2.45, 2.75) is 46.1 Å². The van der Waals surface area contributed by atoms with Gasteiger partial charge in [0.05, 0.1) is 11.3 Å². The van der Waals surface area contributed by atoms with Gasteiger partial charge in [0.2, 0.25) is 0 Å². The lowest BCUT2D eigenvalue weighted by molar-refractivity contribution is 0.0680. The summed E-state index contributed by atoms with van der Waals surface area (Å²) in [5.74, 6) is -0.281. The van der Waals surface area contributed by atoms with Crippen LogP contribution in [-0.4, -0.2) is 22.2 Å². The Morgan fingerprint density at radius 2 is 1.65 bits per heavy atom. The molecule has 0 spiro atoms. The fourth-order valence-corrected chi connectivity index (χ4v) is 2.59. The molecule has 0 aliphatic carbocycles. The lowest BCUT2D eigenvalue weighted by atomic mass is 9.94. The van der Waals surface area contributed by atoms with Crippen molar-refractivity contribution in [3.8, 4) is 5.75 Å². The third kappa shape index (κ3) is 4.59. The first kappa shape index (κ1) is 19.4. The van der Waals surface area contributed by atoms with Crippen LogP contribution in [0.25, 0.3) is 0 Å². The molecular formula is C20H23NO5. The van der Waals surface area contributed by atoms with E-state index in [0.717, 1.165) is 11.1 Å². The highest BCUT2D eigenvalue weighted by Crippen LogP contribution is 2.34. The number of pyridine rings is 1. The first-order valence-electron chi connectivity index (χ1n) is 8.45. The number of carbonyl (C=O) groups is 2. The van der Waals surface area contributed by atoms with Crippen molar-refractivity contribution < 1.29 is 24.2 Å². The van der Waals surface area contributed by atoms with Crippen LogP contribution in [0.5, 0.6) is 5.75 Å². The minimum atomic E-state index is -1.13. The topological polar surface area (TPSA) is 85.7 Å². The maximum absolute atomic E-state index is 12.2. The zero-order chi connectivity index (χ0) is 19.3. The fraction of sp³-hybridized carbons (Fsp3) is 0.350. The summed E-state index contributed by atoms with van der Waals surface area (Å²) in [6.45, 7) is 7.80. The summed E-state index contributed by atoms with van der Waals surface area (Å²) in [6.07, 6.45) is 0.559. The number of ether oxygens (including phenoxy) is 2. The highest BCUT2D eigenvalue weighted by atomic mass is 16.7. The second-order valence-corrected chi connectivity index (χ2v) is 6.52. The fourth-order valence-electron chi connectivity index (χ4n) is 2.59. The van der Waals surface area contributed by atoms with Crippen LogP contribution in [-0.2, 0) is 11.3 Å². The predicted octanol–water partition coefficient (Wildman–Crippen LogP) is 4.74. The molecule has 0 aliphatic rings.